The lowest BCUT2D eigenvalue weighted by Gasteiger charge is -2.31. The normalized spacial score (nSPS) is 16.3. The van der Waals surface area contributed by atoms with Gasteiger partial charge in [0.2, 0.25) is 5.91 Å². The van der Waals surface area contributed by atoms with Crippen molar-refractivity contribution in [3.63, 3.8) is 0 Å². The molecule has 7 nitrogen and oxygen atoms in total. The molecule has 0 radical (unpaired) electrons. The number of pyridine rings is 2. The van der Waals surface area contributed by atoms with Crippen molar-refractivity contribution >= 4 is 23.2 Å². The maximum atomic E-state index is 13.2. The fraction of sp³-hybridized carbons (Fsp3) is 0.318. The molecular weight excluding hydrogens is 398 g/mol. The molecular formula is C22H23N5O2S. The van der Waals surface area contributed by atoms with Crippen molar-refractivity contribution in [1.29, 1.82) is 0 Å². The molecule has 0 aliphatic carbocycles. The molecule has 8 heteroatoms. The lowest BCUT2D eigenvalue weighted by Crippen LogP contribution is -2.45. The van der Waals surface area contributed by atoms with E-state index in [0.717, 1.165) is 29.1 Å². The van der Waals surface area contributed by atoms with Gasteiger partial charge in [0, 0.05) is 37.2 Å². The van der Waals surface area contributed by atoms with E-state index in [0.29, 0.717) is 30.2 Å². The van der Waals surface area contributed by atoms with Crippen LogP contribution in [0.1, 0.15) is 33.9 Å². The standard InChI is InChI=1S/C22H23N5O2S/c1-15-19(30-21(26-15)16-6-4-9-23-12-16)22(29)27-11-5-7-17(14-27)20(28)25-13-18-8-2-3-10-24-18/h2-4,6,8-10,12,17H,5,7,11,13-14H2,1H3,(H,25,28). The van der Waals surface area contributed by atoms with Crippen LogP contribution in [0.5, 0.6) is 0 Å². The van der Waals surface area contributed by atoms with Crippen molar-refractivity contribution < 1.29 is 9.59 Å². The topological polar surface area (TPSA) is 88.1 Å². The van der Waals surface area contributed by atoms with Crippen LogP contribution in [-0.2, 0) is 11.3 Å². The van der Waals surface area contributed by atoms with Crippen LogP contribution in [0.4, 0.5) is 0 Å². The molecule has 0 aromatic carbocycles. The Morgan fingerprint density at radius 3 is 2.90 bits per heavy atom. The molecule has 1 atom stereocenters. The molecule has 1 N–H and O–H groups in total. The van der Waals surface area contributed by atoms with E-state index in [1.54, 1.807) is 23.5 Å². The highest BCUT2D eigenvalue weighted by molar-refractivity contribution is 7.17. The van der Waals surface area contributed by atoms with Crippen LogP contribution in [0.2, 0.25) is 0 Å². The molecule has 4 heterocycles. The first kappa shape index (κ1) is 20.2. The first-order valence-corrected chi connectivity index (χ1v) is 10.8. The average molecular weight is 422 g/mol. The number of hydrogen-bond donors (Lipinski definition) is 1. The van der Waals surface area contributed by atoms with E-state index in [4.69, 9.17) is 0 Å². The Balaban J connectivity index is 1.41. The monoisotopic (exact) mass is 421 g/mol. The number of aromatic nitrogens is 3. The highest BCUT2D eigenvalue weighted by Gasteiger charge is 2.30. The van der Waals surface area contributed by atoms with Crippen molar-refractivity contribution in [3.05, 3.63) is 65.2 Å². The summed E-state index contributed by atoms with van der Waals surface area (Å²) in [6.45, 7) is 3.33. The van der Waals surface area contributed by atoms with E-state index in [1.807, 2.05) is 37.3 Å². The number of nitrogens with one attached hydrogen (secondary N) is 1. The number of piperidine rings is 1. The van der Waals surface area contributed by atoms with Crippen LogP contribution >= 0.6 is 11.3 Å². The minimum absolute atomic E-state index is 0.0322. The number of rotatable bonds is 5. The predicted molar refractivity (Wildman–Crippen MR) is 115 cm³/mol. The van der Waals surface area contributed by atoms with Crippen LogP contribution in [0.3, 0.4) is 0 Å². The van der Waals surface area contributed by atoms with Gasteiger partial charge in [-0.1, -0.05) is 6.07 Å². The number of carbonyl (C=O) groups excluding carboxylic acids is 2. The third kappa shape index (κ3) is 4.54. The number of aryl methyl sites for hydroxylation is 1. The van der Waals surface area contributed by atoms with E-state index in [-0.39, 0.29) is 17.7 Å². The Kier molecular flexibility index (Phi) is 6.13. The van der Waals surface area contributed by atoms with Crippen molar-refractivity contribution in [2.45, 2.75) is 26.3 Å². The largest absolute Gasteiger partial charge is 0.350 e. The molecule has 0 saturated carbocycles. The molecule has 154 valence electrons. The van der Waals surface area contributed by atoms with Crippen LogP contribution < -0.4 is 5.32 Å². The summed E-state index contributed by atoms with van der Waals surface area (Å²) in [4.78, 5) is 41.1. The zero-order valence-electron chi connectivity index (χ0n) is 16.7. The second kappa shape index (κ2) is 9.13. The smallest absolute Gasteiger partial charge is 0.265 e. The summed E-state index contributed by atoms with van der Waals surface area (Å²) in [6, 6.07) is 9.40. The molecule has 1 unspecified atom stereocenters. The Morgan fingerprint density at radius 1 is 1.23 bits per heavy atom. The third-order valence-electron chi connectivity index (χ3n) is 5.15. The first-order chi connectivity index (χ1) is 14.6. The van der Waals surface area contributed by atoms with Gasteiger partial charge in [-0.15, -0.1) is 11.3 Å². The molecule has 2 amide bonds. The highest BCUT2D eigenvalue weighted by Crippen LogP contribution is 2.29. The number of thiazole rings is 1. The van der Waals surface area contributed by atoms with Crippen LogP contribution in [-0.4, -0.2) is 44.8 Å². The SMILES string of the molecule is Cc1nc(-c2cccnc2)sc1C(=O)N1CCCC(C(=O)NCc2ccccn2)C1. The van der Waals surface area contributed by atoms with Gasteiger partial charge in [0.15, 0.2) is 0 Å². The summed E-state index contributed by atoms with van der Waals surface area (Å²) in [6.07, 6.45) is 6.75. The highest BCUT2D eigenvalue weighted by atomic mass is 32.1. The molecule has 1 fully saturated rings. The summed E-state index contributed by atoms with van der Waals surface area (Å²) in [5, 5.41) is 3.73. The zero-order valence-corrected chi connectivity index (χ0v) is 17.6. The number of likely N-dealkylation sites (tertiary alicyclic amines) is 1. The van der Waals surface area contributed by atoms with Crippen LogP contribution in [0.25, 0.3) is 10.6 Å². The number of nitrogens with zero attached hydrogens (tertiary/aromatic N) is 4. The van der Waals surface area contributed by atoms with Gasteiger partial charge < -0.3 is 10.2 Å². The average Bonchev–Trinajstić information content (AvgIpc) is 3.20. The van der Waals surface area contributed by atoms with Gasteiger partial charge in [-0.05, 0) is 44.0 Å². The molecule has 3 aromatic rings. The van der Waals surface area contributed by atoms with Gasteiger partial charge in [0.25, 0.3) is 5.91 Å². The molecule has 1 aliphatic rings. The molecule has 1 aliphatic heterocycles. The van der Waals surface area contributed by atoms with E-state index in [2.05, 4.69) is 20.3 Å². The summed E-state index contributed by atoms with van der Waals surface area (Å²) < 4.78 is 0. The number of amides is 2. The first-order valence-electron chi connectivity index (χ1n) is 9.96. The number of carbonyl (C=O) groups is 2. The fourth-order valence-electron chi connectivity index (χ4n) is 3.55. The zero-order chi connectivity index (χ0) is 20.9. The minimum Gasteiger partial charge on any atom is -0.350 e. The second-order valence-electron chi connectivity index (χ2n) is 7.30. The van der Waals surface area contributed by atoms with Gasteiger partial charge in [0.05, 0.1) is 23.9 Å². The molecule has 1 saturated heterocycles. The summed E-state index contributed by atoms with van der Waals surface area (Å²) in [5.41, 5.74) is 2.43. The molecule has 3 aromatic heterocycles. The van der Waals surface area contributed by atoms with Gasteiger partial charge >= 0.3 is 0 Å². The van der Waals surface area contributed by atoms with Gasteiger partial charge in [-0.25, -0.2) is 4.98 Å². The fourth-order valence-corrected chi connectivity index (χ4v) is 4.58. The maximum Gasteiger partial charge on any atom is 0.265 e. The number of hydrogen-bond acceptors (Lipinski definition) is 6. The van der Waals surface area contributed by atoms with Gasteiger partial charge in [0.1, 0.15) is 9.88 Å². The summed E-state index contributed by atoms with van der Waals surface area (Å²) in [5.74, 6) is -0.296. The van der Waals surface area contributed by atoms with Crippen molar-refractivity contribution in [2.24, 2.45) is 5.92 Å². The van der Waals surface area contributed by atoms with Crippen LogP contribution in [0, 0.1) is 12.8 Å². The Bertz CT molecular complexity index is 1020. The quantitative estimate of drug-likeness (QED) is 0.684. The lowest BCUT2D eigenvalue weighted by atomic mass is 9.97. The molecule has 30 heavy (non-hydrogen) atoms. The minimum atomic E-state index is -0.211. The Hall–Kier alpha value is -3.13. The van der Waals surface area contributed by atoms with Gasteiger partial charge in [-0.2, -0.15) is 0 Å². The van der Waals surface area contributed by atoms with E-state index < -0.39 is 0 Å². The van der Waals surface area contributed by atoms with Crippen molar-refractivity contribution in [1.82, 2.24) is 25.2 Å². The lowest BCUT2D eigenvalue weighted by molar-refractivity contribution is -0.126. The van der Waals surface area contributed by atoms with Gasteiger partial charge in [-0.3, -0.25) is 19.6 Å². The van der Waals surface area contributed by atoms with E-state index in [9.17, 15) is 9.59 Å². The predicted octanol–water partition coefficient (Wildman–Crippen LogP) is 3.08. The van der Waals surface area contributed by atoms with Crippen molar-refractivity contribution in [2.75, 3.05) is 13.1 Å². The molecule has 0 bridgehead atoms. The van der Waals surface area contributed by atoms with E-state index >= 15 is 0 Å². The molecule has 4 rings (SSSR count). The van der Waals surface area contributed by atoms with Crippen LogP contribution in [0.15, 0.2) is 48.9 Å². The third-order valence-corrected chi connectivity index (χ3v) is 6.34. The van der Waals surface area contributed by atoms with Crippen molar-refractivity contribution in [3.8, 4) is 10.6 Å². The Labute approximate surface area is 179 Å². The maximum absolute atomic E-state index is 13.2. The second-order valence-corrected chi connectivity index (χ2v) is 8.30. The summed E-state index contributed by atoms with van der Waals surface area (Å²) >= 11 is 1.38. The molecule has 0 spiro atoms. The van der Waals surface area contributed by atoms with E-state index in [1.165, 1.54) is 11.3 Å². The summed E-state index contributed by atoms with van der Waals surface area (Å²) in [7, 11) is 0. The Morgan fingerprint density at radius 2 is 2.13 bits per heavy atom.